The van der Waals surface area contributed by atoms with Gasteiger partial charge in [-0.05, 0) is 24.1 Å². The number of aromatic nitrogens is 2. The molecule has 106 valence electrons. The maximum Gasteiger partial charge on any atom is 0.255 e. The Kier molecular flexibility index (Phi) is 5.12. The largest absolute Gasteiger partial charge is 0.471 e. The first-order valence-corrected chi connectivity index (χ1v) is 6.70. The van der Waals surface area contributed by atoms with E-state index in [1.165, 1.54) is 0 Å². The fraction of sp³-hybridized carbons (Fsp3) is 0.286. The summed E-state index contributed by atoms with van der Waals surface area (Å²) in [6.07, 6.45) is 2.03. The van der Waals surface area contributed by atoms with Crippen LogP contribution in [0.5, 0.6) is 5.88 Å². The van der Waals surface area contributed by atoms with E-state index in [0.29, 0.717) is 11.0 Å². The average molecular weight is 296 g/mol. The Hall–Kier alpha value is -1.88. The van der Waals surface area contributed by atoms with Gasteiger partial charge in [0.25, 0.3) is 5.88 Å². The molecule has 4 nitrogen and oxygen atoms in total. The van der Waals surface area contributed by atoms with Gasteiger partial charge in [0.1, 0.15) is 6.61 Å². The molecule has 20 heavy (non-hydrogen) atoms. The van der Waals surface area contributed by atoms with Gasteiger partial charge in [0.05, 0.1) is 6.20 Å². The van der Waals surface area contributed by atoms with Crippen LogP contribution in [-0.2, 0) is 6.61 Å². The summed E-state index contributed by atoms with van der Waals surface area (Å²) >= 11 is 5.79. The first-order valence-electron chi connectivity index (χ1n) is 6.32. The van der Waals surface area contributed by atoms with Gasteiger partial charge in [0, 0.05) is 11.6 Å². The van der Waals surface area contributed by atoms with Crippen LogP contribution in [0.3, 0.4) is 0 Å². The van der Waals surface area contributed by atoms with E-state index in [1.807, 2.05) is 19.1 Å². The summed E-state index contributed by atoms with van der Waals surface area (Å²) in [7, 11) is 0. The minimum absolute atomic E-state index is 0.0615. The molecule has 1 aromatic heterocycles. The maximum absolute atomic E-state index is 13.6. The van der Waals surface area contributed by atoms with Crippen molar-refractivity contribution in [2.45, 2.75) is 20.0 Å². The van der Waals surface area contributed by atoms with Crippen LogP contribution in [0.2, 0.25) is 5.02 Å². The van der Waals surface area contributed by atoms with Crippen molar-refractivity contribution in [2.24, 2.45) is 0 Å². The standard InChI is InChI=1S/C14H15ClFN3O/c1-2-7-17-14-18-8-12(16)13(19-14)20-9-10-3-5-11(15)6-4-10/h3-6,8H,2,7,9H2,1H3,(H,17,18,19). The summed E-state index contributed by atoms with van der Waals surface area (Å²) in [6, 6.07) is 7.14. The van der Waals surface area contributed by atoms with Crippen molar-refractivity contribution < 1.29 is 9.13 Å². The predicted octanol–water partition coefficient (Wildman–Crippen LogP) is 3.67. The summed E-state index contributed by atoms with van der Waals surface area (Å²) in [5.41, 5.74) is 0.885. The highest BCUT2D eigenvalue weighted by molar-refractivity contribution is 6.30. The third-order valence-corrected chi connectivity index (χ3v) is 2.79. The number of rotatable bonds is 6. The highest BCUT2D eigenvalue weighted by Gasteiger charge is 2.08. The van der Waals surface area contributed by atoms with Gasteiger partial charge in [-0.15, -0.1) is 0 Å². The summed E-state index contributed by atoms with van der Waals surface area (Å²) in [5.74, 6) is -0.283. The summed E-state index contributed by atoms with van der Waals surface area (Å²) in [6.45, 7) is 2.97. The number of nitrogens with zero attached hydrogens (tertiary/aromatic N) is 2. The Morgan fingerprint density at radius 2 is 2.05 bits per heavy atom. The number of ether oxygens (including phenoxy) is 1. The second-order valence-electron chi connectivity index (χ2n) is 4.19. The minimum atomic E-state index is -0.582. The number of anilines is 1. The van der Waals surface area contributed by atoms with E-state index < -0.39 is 5.82 Å². The SMILES string of the molecule is CCCNc1ncc(F)c(OCc2ccc(Cl)cc2)n1. The molecule has 1 heterocycles. The third kappa shape index (κ3) is 4.06. The molecule has 0 saturated carbocycles. The first kappa shape index (κ1) is 14.5. The van der Waals surface area contributed by atoms with E-state index in [-0.39, 0.29) is 12.5 Å². The van der Waals surface area contributed by atoms with E-state index in [9.17, 15) is 4.39 Å². The van der Waals surface area contributed by atoms with Crippen molar-refractivity contribution in [1.82, 2.24) is 9.97 Å². The van der Waals surface area contributed by atoms with Crippen molar-refractivity contribution in [3.05, 3.63) is 46.9 Å². The third-order valence-electron chi connectivity index (χ3n) is 2.53. The van der Waals surface area contributed by atoms with Crippen molar-refractivity contribution >= 4 is 17.5 Å². The molecule has 6 heteroatoms. The molecule has 2 rings (SSSR count). The molecule has 0 saturated heterocycles. The van der Waals surface area contributed by atoms with E-state index in [0.717, 1.165) is 24.7 Å². The lowest BCUT2D eigenvalue weighted by Crippen LogP contribution is -2.07. The fourth-order valence-electron chi connectivity index (χ4n) is 1.51. The predicted molar refractivity (Wildman–Crippen MR) is 76.6 cm³/mol. The lowest BCUT2D eigenvalue weighted by atomic mass is 10.2. The van der Waals surface area contributed by atoms with E-state index in [2.05, 4.69) is 15.3 Å². The van der Waals surface area contributed by atoms with Gasteiger partial charge >= 0.3 is 0 Å². The first-order chi connectivity index (χ1) is 9.69. The molecule has 1 N–H and O–H groups in total. The Bertz CT molecular complexity index is 563. The van der Waals surface area contributed by atoms with Gasteiger partial charge in [-0.3, -0.25) is 0 Å². The molecule has 0 aliphatic carbocycles. The van der Waals surface area contributed by atoms with Gasteiger partial charge < -0.3 is 10.1 Å². The minimum Gasteiger partial charge on any atom is -0.471 e. The molecule has 2 aromatic rings. The van der Waals surface area contributed by atoms with Crippen LogP contribution in [0.4, 0.5) is 10.3 Å². The van der Waals surface area contributed by atoms with Crippen LogP contribution in [0.25, 0.3) is 0 Å². The molecule has 0 fully saturated rings. The van der Waals surface area contributed by atoms with Crippen molar-refractivity contribution in [3.63, 3.8) is 0 Å². The number of halogens is 2. The second-order valence-corrected chi connectivity index (χ2v) is 4.63. The Morgan fingerprint density at radius 3 is 2.75 bits per heavy atom. The topological polar surface area (TPSA) is 47.0 Å². The summed E-state index contributed by atoms with van der Waals surface area (Å²) < 4.78 is 18.9. The Labute approximate surface area is 122 Å². The molecule has 0 atom stereocenters. The summed E-state index contributed by atoms with van der Waals surface area (Å²) in [4.78, 5) is 7.85. The molecule has 0 amide bonds. The fourth-order valence-corrected chi connectivity index (χ4v) is 1.63. The van der Waals surface area contributed by atoms with Crippen LogP contribution in [0.1, 0.15) is 18.9 Å². The molecule has 1 aromatic carbocycles. The molecule has 0 spiro atoms. The molecule has 0 bridgehead atoms. The maximum atomic E-state index is 13.6. The van der Waals surface area contributed by atoms with Crippen molar-refractivity contribution in [1.29, 1.82) is 0 Å². The number of benzene rings is 1. The van der Waals surface area contributed by atoms with Crippen LogP contribution < -0.4 is 10.1 Å². The van der Waals surface area contributed by atoms with E-state index in [1.54, 1.807) is 12.1 Å². The quantitative estimate of drug-likeness (QED) is 0.883. The highest BCUT2D eigenvalue weighted by atomic mass is 35.5. The summed E-state index contributed by atoms with van der Waals surface area (Å²) in [5, 5.41) is 3.63. The lowest BCUT2D eigenvalue weighted by molar-refractivity contribution is 0.276. The zero-order chi connectivity index (χ0) is 14.4. The van der Waals surface area contributed by atoms with Crippen molar-refractivity contribution in [3.8, 4) is 5.88 Å². The van der Waals surface area contributed by atoms with Gasteiger partial charge in [-0.1, -0.05) is 30.7 Å². The molecule has 0 aliphatic rings. The number of nitrogens with one attached hydrogen (secondary N) is 1. The van der Waals surface area contributed by atoms with Gasteiger partial charge in [0.2, 0.25) is 11.8 Å². The van der Waals surface area contributed by atoms with Crippen LogP contribution in [0.15, 0.2) is 30.5 Å². The van der Waals surface area contributed by atoms with Gasteiger partial charge in [-0.2, -0.15) is 9.37 Å². The molecule has 0 unspecified atom stereocenters. The van der Waals surface area contributed by atoms with Gasteiger partial charge in [-0.25, -0.2) is 4.98 Å². The highest BCUT2D eigenvalue weighted by Crippen LogP contribution is 2.17. The van der Waals surface area contributed by atoms with E-state index >= 15 is 0 Å². The average Bonchev–Trinajstić information content (AvgIpc) is 2.46. The van der Waals surface area contributed by atoms with Crippen molar-refractivity contribution in [2.75, 3.05) is 11.9 Å². The van der Waals surface area contributed by atoms with Crippen LogP contribution >= 0.6 is 11.6 Å². The normalized spacial score (nSPS) is 10.3. The Balaban J connectivity index is 2.02. The van der Waals surface area contributed by atoms with E-state index in [4.69, 9.17) is 16.3 Å². The molecular weight excluding hydrogens is 281 g/mol. The molecule has 0 aliphatic heterocycles. The van der Waals surface area contributed by atoms with Crippen LogP contribution in [0, 0.1) is 5.82 Å². The zero-order valence-electron chi connectivity index (χ0n) is 11.1. The Morgan fingerprint density at radius 1 is 1.30 bits per heavy atom. The molecular formula is C14H15ClFN3O. The zero-order valence-corrected chi connectivity index (χ0v) is 11.8. The number of hydrogen-bond acceptors (Lipinski definition) is 4. The van der Waals surface area contributed by atoms with Gasteiger partial charge in [0.15, 0.2) is 0 Å². The lowest BCUT2D eigenvalue weighted by Gasteiger charge is -2.08. The molecule has 0 radical (unpaired) electrons. The second kappa shape index (κ2) is 7.05. The van der Waals surface area contributed by atoms with Crippen LogP contribution in [-0.4, -0.2) is 16.5 Å². The monoisotopic (exact) mass is 295 g/mol. The smallest absolute Gasteiger partial charge is 0.255 e. The number of hydrogen-bond donors (Lipinski definition) is 1.